The maximum Gasteiger partial charge on any atom is 0.259 e. The Morgan fingerprint density at radius 3 is 1.98 bits per heavy atom. The number of nitrogens with two attached hydrogens (primary N) is 1. The van der Waals surface area contributed by atoms with Crippen LogP contribution in [0.15, 0.2) is 64.5 Å². The molecule has 0 bridgehead atoms. The lowest BCUT2D eigenvalue weighted by atomic mass is 9.97. The van der Waals surface area contributed by atoms with Gasteiger partial charge in [-0.15, -0.1) is 0 Å². The molecule has 0 unspecified atom stereocenters. The Morgan fingerprint density at radius 1 is 0.763 bits per heavy atom. The molecular formula is C41H49Br2N9O7. The third-order valence-electron chi connectivity index (χ3n) is 9.45. The third-order valence-corrected chi connectivity index (χ3v) is 10.2. The van der Waals surface area contributed by atoms with E-state index < -0.39 is 0 Å². The van der Waals surface area contributed by atoms with E-state index in [4.69, 9.17) is 44.1 Å². The first-order valence-corrected chi connectivity index (χ1v) is 21.2. The van der Waals surface area contributed by atoms with Gasteiger partial charge in [-0.05, 0) is 96.0 Å². The van der Waals surface area contributed by atoms with E-state index in [0.29, 0.717) is 71.2 Å². The van der Waals surface area contributed by atoms with E-state index in [1.165, 1.54) is 13.3 Å². The molecule has 18 heteroatoms. The smallest absolute Gasteiger partial charge is 0.259 e. The monoisotopic (exact) mass is 937 g/mol. The predicted octanol–water partition coefficient (Wildman–Crippen LogP) is 7.46. The molecule has 0 amide bonds. The Balaban J connectivity index is 0.000000166. The van der Waals surface area contributed by atoms with Crippen molar-refractivity contribution in [1.82, 2.24) is 38.7 Å². The number of nitrogens with zero attached hydrogens (tertiary/aromatic N) is 8. The van der Waals surface area contributed by atoms with Gasteiger partial charge in [-0.1, -0.05) is 6.07 Å². The first-order chi connectivity index (χ1) is 28.7. The fourth-order valence-electron chi connectivity index (χ4n) is 6.64. The zero-order valence-corrected chi connectivity index (χ0v) is 36.8. The zero-order chi connectivity index (χ0) is 41.7. The largest absolute Gasteiger partial charge is 0.490 e. The van der Waals surface area contributed by atoms with Crippen LogP contribution in [0.1, 0.15) is 85.7 Å². The van der Waals surface area contributed by atoms with Gasteiger partial charge in [0.1, 0.15) is 14.9 Å². The number of ether oxygens (including phenoxy) is 6. The quantitative estimate of drug-likeness (QED) is 0.119. The second kappa shape index (κ2) is 21.4. The van der Waals surface area contributed by atoms with Gasteiger partial charge in [-0.2, -0.15) is 0 Å². The number of carbonyl (C=O) groups is 1. The summed E-state index contributed by atoms with van der Waals surface area (Å²) in [7, 11) is 1.54. The Hall–Kier alpha value is -4.91. The van der Waals surface area contributed by atoms with E-state index in [-0.39, 0.29) is 12.2 Å². The molecule has 6 aromatic heterocycles. The summed E-state index contributed by atoms with van der Waals surface area (Å²) in [6, 6.07) is 7.09. The van der Waals surface area contributed by atoms with Gasteiger partial charge in [0.25, 0.3) is 11.8 Å². The van der Waals surface area contributed by atoms with Crippen molar-refractivity contribution in [1.29, 1.82) is 0 Å². The molecule has 2 N–H and O–H groups in total. The lowest BCUT2D eigenvalue weighted by Crippen LogP contribution is -2.14. The van der Waals surface area contributed by atoms with Crippen LogP contribution in [0.25, 0.3) is 11.3 Å². The number of Topliss-reactive ketones (excluding diaryl/α,β-unsaturated/α-hetero) is 1. The van der Waals surface area contributed by atoms with Gasteiger partial charge >= 0.3 is 0 Å². The summed E-state index contributed by atoms with van der Waals surface area (Å²) < 4.78 is 37.8. The first-order valence-electron chi connectivity index (χ1n) is 19.6. The Morgan fingerprint density at radius 2 is 1.36 bits per heavy atom. The number of anilines is 1. The number of hydrogen-bond donors (Lipinski definition) is 1. The van der Waals surface area contributed by atoms with Crippen LogP contribution in [-0.2, 0) is 15.9 Å². The molecule has 16 nitrogen and oxygen atoms in total. The highest BCUT2D eigenvalue weighted by Crippen LogP contribution is 2.31. The Kier molecular flexibility index (Phi) is 15.8. The van der Waals surface area contributed by atoms with E-state index in [9.17, 15) is 4.79 Å². The van der Waals surface area contributed by atoms with Crippen LogP contribution >= 0.6 is 31.9 Å². The molecule has 6 aromatic rings. The summed E-state index contributed by atoms with van der Waals surface area (Å²) in [4.78, 5) is 38.6. The maximum absolute atomic E-state index is 12.7. The highest BCUT2D eigenvalue weighted by molar-refractivity contribution is 9.10. The van der Waals surface area contributed by atoms with Crippen LogP contribution in [-0.4, -0.2) is 97.8 Å². The topological polar surface area (TPSA) is 185 Å². The van der Waals surface area contributed by atoms with Gasteiger partial charge in [0, 0.05) is 75.5 Å². The number of ketones is 1. The Bertz CT molecular complexity index is 2310. The van der Waals surface area contributed by atoms with Gasteiger partial charge < -0.3 is 38.6 Å². The molecule has 2 aliphatic rings. The van der Waals surface area contributed by atoms with Crippen LogP contribution in [0.4, 0.5) is 5.82 Å². The van der Waals surface area contributed by atoms with Crippen LogP contribution in [0.5, 0.6) is 23.4 Å². The first kappa shape index (κ1) is 43.7. The van der Waals surface area contributed by atoms with Crippen LogP contribution in [0, 0.1) is 0 Å². The highest BCUT2D eigenvalue weighted by Gasteiger charge is 2.22. The number of nitrogen functional groups attached to an aromatic ring is 1. The number of pyridine rings is 2. The number of imidazole rings is 2. The third kappa shape index (κ3) is 11.6. The van der Waals surface area contributed by atoms with Crippen molar-refractivity contribution >= 4 is 54.8 Å². The van der Waals surface area contributed by atoms with Gasteiger partial charge in [-0.25, -0.2) is 29.9 Å². The summed E-state index contributed by atoms with van der Waals surface area (Å²) in [6.45, 7) is 10.6. The second-order valence-electron chi connectivity index (χ2n) is 13.5. The van der Waals surface area contributed by atoms with Crippen LogP contribution in [0.3, 0.4) is 0 Å². The SMILES string of the molecule is CCOc1cc(CC(=O)c2cccc(OC)n2)cn2cc(C3CCOCC3)nc12.CCOc1nc(Br)cn2cc(C3CCOCC3)nc12.CCOc1nc(Br)cnc1N. The summed E-state index contributed by atoms with van der Waals surface area (Å²) >= 11 is 6.56. The number of hydrogen-bond acceptors (Lipinski definition) is 14. The Labute approximate surface area is 359 Å². The minimum absolute atomic E-state index is 0.0736. The van der Waals surface area contributed by atoms with E-state index in [1.54, 1.807) is 18.2 Å². The number of carbonyl (C=O) groups excluding carboxylic acids is 1. The fraction of sp³-hybridized carbons (Fsp3) is 0.439. The summed E-state index contributed by atoms with van der Waals surface area (Å²) in [5.74, 6) is 3.18. The van der Waals surface area contributed by atoms with Crippen molar-refractivity contribution in [2.75, 3.05) is 59.1 Å². The molecule has 2 fully saturated rings. The molecule has 59 heavy (non-hydrogen) atoms. The number of methoxy groups -OCH3 is 1. The molecule has 0 aliphatic carbocycles. The average molecular weight is 940 g/mol. The molecule has 2 saturated heterocycles. The van der Waals surface area contributed by atoms with E-state index >= 15 is 0 Å². The number of aromatic nitrogens is 8. The van der Waals surface area contributed by atoms with Crippen molar-refractivity contribution in [3.05, 3.63) is 87.1 Å². The van der Waals surface area contributed by atoms with Crippen molar-refractivity contribution in [2.24, 2.45) is 0 Å². The lowest BCUT2D eigenvalue weighted by Gasteiger charge is -2.19. The maximum atomic E-state index is 12.7. The van der Waals surface area contributed by atoms with E-state index in [2.05, 4.69) is 58.0 Å². The lowest BCUT2D eigenvalue weighted by molar-refractivity contribution is 0.0845. The van der Waals surface area contributed by atoms with Gasteiger partial charge in [0.2, 0.25) is 11.5 Å². The van der Waals surface area contributed by atoms with Gasteiger partial charge in [0.05, 0.1) is 44.5 Å². The number of rotatable bonds is 12. The molecule has 0 spiro atoms. The fourth-order valence-corrected chi connectivity index (χ4v) is 7.28. The second-order valence-corrected chi connectivity index (χ2v) is 15.1. The van der Waals surface area contributed by atoms with Crippen molar-refractivity contribution < 1.29 is 33.2 Å². The predicted molar refractivity (Wildman–Crippen MR) is 228 cm³/mol. The molecule has 0 aromatic carbocycles. The average Bonchev–Trinajstić information content (AvgIpc) is 3.89. The molecule has 0 radical (unpaired) electrons. The molecule has 0 saturated carbocycles. The van der Waals surface area contributed by atoms with Gasteiger partial charge in [-0.3, -0.25) is 9.20 Å². The summed E-state index contributed by atoms with van der Waals surface area (Å²) in [5, 5.41) is 0. The molecule has 8 rings (SSSR count). The molecule has 0 atom stereocenters. The standard InChI is InChI=1S/C22H25N3O4.C13H16BrN3O2.C6H8BrN3O/c1-3-29-20-12-15(11-19(26)17-5-4-6-21(23-17)27-2)13-25-14-18(24-22(20)25)16-7-9-28-10-8-16;1-2-19-13-12-15-10(9-3-5-18-6-4-9)7-17(12)8-11(14)16-13;1-2-11-6-5(8)9-3-4(7)10-6/h4-6,12-14,16H,3,7-11H2,1-2H3;7-9H,2-6H2,1H3;3H,2H2,1H3,(H2,8,9). The van der Waals surface area contributed by atoms with Crippen LogP contribution in [0.2, 0.25) is 0 Å². The number of halogens is 2. The van der Waals surface area contributed by atoms with E-state index in [0.717, 1.165) is 85.0 Å². The van der Waals surface area contributed by atoms with Gasteiger partial charge in [0.15, 0.2) is 23.0 Å². The highest BCUT2D eigenvalue weighted by atomic mass is 79.9. The summed E-state index contributed by atoms with van der Waals surface area (Å²) in [6.07, 6.45) is 13.7. The van der Waals surface area contributed by atoms with Crippen molar-refractivity contribution in [3.8, 4) is 23.4 Å². The minimum atomic E-state index is -0.0736. The molecular weight excluding hydrogens is 890 g/mol. The molecule has 2 aliphatic heterocycles. The number of fused-ring (bicyclic) bond motifs is 2. The summed E-state index contributed by atoms with van der Waals surface area (Å²) in [5.41, 5.74) is 10.4. The normalized spacial score (nSPS) is 14.5. The van der Waals surface area contributed by atoms with Crippen molar-refractivity contribution in [3.63, 3.8) is 0 Å². The molecule has 314 valence electrons. The molecule has 8 heterocycles. The van der Waals surface area contributed by atoms with Crippen LogP contribution < -0.4 is 24.7 Å². The van der Waals surface area contributed by atoms with E-state index in [1.807, 2.05) is 54.2 Å². The van der Waals surface area contributed by atoms with Crippen molar-refractivity contribution in [2.45, 2.75) is 64.7 Å². The minimum Gasteiger partial charge on any atom is -0.490 e. The zero-order valence-electron chi connectivity index (χ0n) is 33.6.